The van der Waals surface area contributed by atoms with Crippen molar-refractivity contribution in [3.05, 3.63) is 52.8 Å². The van der Waals surface area contributed by atoms with E-state index in [9.17, 15) is 19.2 Å². The van der Waals surface area contributed by atoms with Crippen molar-refractivity contribution in [2.75, 3.05) is 31.6 Å². The molecule has 0 radical (unpaired) electrons. The van der Waals surface area contributed by atoms with E-state index in [-0.39, 0.29) is 29.0 Å². The number of carbonyl (C=O) groups excluding carboxylic acids is 2. The Morgan fingerprint density at radius 2 is 1.87 bits per heavy atom. The molecule has 2 aliphatic heterocycles. The molecule has 0 aliphatic carbocycles. The van der Waals surface area contributed by atoms with Crippen molar-refractivity contribution in [2.24, 2.45) is 5.41 Å². The number of nitrogens with zero attached hydrogens (tertiary/aromatic N) is 3. The number of likely N-dealkylation sites (tertiary alicyclic amines) is 1. The molecule has 1 fully saturated rings. The highest BCUT2D eigenvalue weighted by atomic mass is 35.5. The van der Waals surface area contributed by atoms with Crippen molar-refractivity contribution in [3.63, 3.8) is 0 Å². The smallest absolute Gasteiger partial charge is 0.415 e. The number of carbonyl (C=O) groups is 2. The highest BCUT2D eigenvalue weighted by molar-refractivity contribution is 6.32. The Morgan fingerprint density at radius 1 is 1.21 bits per heavy atom. The first-order valence-corrected chi connectivity index (χ1v) is 12.8. The van der Waals surface area contributed by atoms with Gasteiger partial charge in [0.25, 0.3) is 5.91 Å². The van der Waals surface area contributed by atoms with Gasteiger partial charge in [-0.1, -0.05) is 23.7 Å². The van der Waals surface area contributed by atoms with Gasteiger partial charge in [-0.2, -0.15) is 5.26 Å². The van der Waals surface area contributed by atoms with E-state index in [4.69, 9.17) is 25.8 Å². The van der Waals surface area contributed by atoms with Gasteiger partial charge in [-0.05, 0) is 57.7 Å². The molecule has 2 aromatic carbocycles. The van der Waals surface area contributed by atoms with Crippen LogP contribution >= 0.6 is 11.6 Å². The average molecular weight is 544 g/mol. The van der Waals surface area contributed by atoms with Gasteiger partial charge in [0.15, 0.2) is 6.10 Å². The molecule has 8 nitrogen and oxygen atoms in total. The molecule has 38 heavy (non-hydrogen) atoms. The Balaban J connectivity index is 1.51. The maximum Gasteiger partial charge on any atom is 0.415 e. The fourth-order valence-corrected chi connectivity index (χ4v) is 4.97. The molecule has 1 atom stereocenters. The maximum atomic E-state index is 13.6. The summed E-state index contributed by atoms with van der Waals surface area (Å²) in [6, 6.07) is 11.7. The van der Waals surface area contributed by atoms with Gasteiger partial charge < -0.3 is 19.1 Å². The fraction of sp³-hybridized carbons (Fsp3) is 0.464. The first-order valence-electron chi connectivity index (χ1n) is 12.4. The second kappa shape index (κ2) is 10.7. The summed E-state index contributed by atoms with van der Waals surface area (Å²) in [5, 5.41) is 10.2. The van der Waals surface area contributed by atoms with Crippen LogP contribution in [0.2, 0.25) is 5.02 Å². The molecule has 202 valence electrons. The average Bonchev–Trinajstić information content (AvgIpc) is 2.88. The van der Waals surface area contributed by atoms with Gasteiger partial charge in [0, 0.05) is 25.2 Å². The first kappa shape index (κ1) is 27.5. The van der Waals surface area contributed by atoms with Crippen LogP contribution in [0.4, 0.5) is 14.9 Å². The summed E-state index contributed by atoms with van der Waals surface area (Å²) >= 11 is 6.31. The van der Waals surface area contributed by atoms with Crippen LogP contribution in [0.5, 0.6) is 11.5 Å². The zero-order chi connectivity index (χ0) is 27.7. The monoisotopic (exact) mass is 543 g/mol. The van der Waals surface area contributed by atoms with Crippen LogP contribution in [0, 0.1) is 22.6 Å². The molecule has 0 saturated carbocycles. The van der Waals surface area contributed by atoms with Crippen LogP contribution in [0.1, 0.15) is 39.2 Å². The maximum absolute atomic E-state index is 13.6. The summed E-state index contributed by atoms with van der Waals surface area (Å²) in [5.41, 5.74) is -0.128. The van der Waals surface area contributed by atoms with E-state index in [1.165, 1.54) is 30.2 Å². The number of rotatable bonds is 4. The Hall–Kier alpha value is -3.51. The number of hydrogen-bond donors (Lipinski definition) is 0. The first-order chi connectivity index (χ1) is 17.9. The van der Waals surface area contributed by atoms with Crippen LogP contribution in [0.3, 0.4) is 0 Å². The highest BCUT2D eigenvalue weighted by Crippen LogP contribution is 2.42. The molecule has 2 heterocycles. The summed E-state index contributed by atoms with van der Waals surface area (Å²) in [6.45, 7) is 5.95. The molecule has 1 unspecified atom stereocenters. The van der Waals surface area contributed by atoms with Crippen LogP contribution in [0.25, 0.3) is 0 Å². The molecule has 0 aromatic heterocycles. The number of ether oxygens (including phenoxy) is 3. The van der Waals surface area contributed by atoms with Gasteiger partial charge in [-0.15, -0.1) is 0 Å². The van der Waals surface area contributed by atoms with Crippen LogP contribution < -0.4 is 14.4 Å². The van der Waals surface area contributed by atoms with Gasteiger partial charge in [0.2, 0.25) is 0 Å². The van der Waals surface area contributed by atoms with Crippen LogP contribution in [-0.4, -0.2) is 55.3 Å². The van der Waals surface area contributed by atoms with Crippen LogP contribution in [0.15, 0.2) is 36.4 Å². The van der Waals surface area contributed by atoms with E-state index < -0.39 is 23.2 Å². The van der Waals surface area contributed by atoms with Crippen molar-refractivity contribution in [2.45, 2.75) is 51.7 Å². The largest absolute Gasteiger partial charge is 0.495 e. The lowest BCUT2D eigenvalue weighted by atomic mass is 9.75. The number of nitriles is 1. The Labute approximate surface area is 226 Å². The third-order valence-electron chi connectivity index (χ3n) is 6.76. The lowest BCUT2D eigenvalue weighted by Gasteiger charge is -2.41. The van der Waals surface area contributed by atoms with E-state index in [1.807, 2.05) is 0 Å². The van der Waals surface area contributed by atoms with Gasteiger partial charge in [0.05, 0.1) is 35.8 Å². The summed E-state index contributed by atoms with van der Waals surface area (Å²) < 4.78 is 30.2. The second-order valence-electron chi connectivity index (χ2n) is 10.7. The van der Waals surface area contributed by atoms with Gasteiger partial charge in [0.1, 0.15) is 22.9 Å². The SMILES string of the molecule is COc1cc2c(cc1Cl)OC(C(=O)N1CCC(C#N)(Cc3ccc(F)cc3)CC1)CN2C(=O)OC(C)(C)C. The molecular weight excluding hydrogens is 513 g/mol. The molecule has 10 heteroatoms. The summed E-state index contributed by atoms with van der Waals surface area (Å²) in [5.74, 6) is 0.0159. The van der Waals surface area contributed by atoms with Crippen molar-refractivity contribution >= 4 is 29.3 Å². The van der Waals surface area contributed by atoms with Crippen molar-refractivity contribution in [1.29, 1.82) is 5.26 Å². The number of amides is 2. The van der Waals surface area contributed by atoms with E-state index in [1.54, 1.807) is 43.9 Å². The zero-order valence-electron chi connectivity index (χ0n) is 21.9. The molecule has 2 amide bonds. The lowest BCUT2D eigenvalue weighted by Crippen LogP contribution is -2.54. The van der Waals surface area contributed by atoms with E-state index in [0.717, 1.165) is 5.56 Å². The summed E-state index contributed by atoms with van der Waals surface area (Å²) in [6.07, 6.45) is -0.188. The molecular formula is C28H31ClFN3O5. The quantitative estimate of drug-likeness (QED) is 0.515. The minimum atomic E-state index is -0.980. The summed E-state index contributed by atoms with van der Waals surface area (Å²) in [4.78, 5) is 29.7. The molecule has 0 bridgehead atoms. The van der Waals surface area contributed by atoms with E-state index in [2.05, 4.69) is 6.07 Å². The normalized spacial score (nSPS) is 18.6. The lowest BCUT2D eigenvalue weighted by molar-refractivity contribution is -0.140. The summed E-state index contributed by atoms with van der Waals surface area (Å²) in [7, 11) is 1.47. The predicted molar refractivity (Wildman–Crippen MR) is 140 cm³/mol. The topological polar surface area (TPSA) is 92.1 Å². The standard InChI is InChI=1S/C28H31ClFN3O5/c1-27(2,3)38-26(35)33-16-24(37-23-13-20(29)22(36-4)14-21(23)33)25(34)32-11-9-28(17-31,10-12-32)15-18-5-7-19(30)8-6-18/h5-8,13-14,24H,9-12,15-16H2,1-4H3. The predicted octanol–water partition coefficient (Wildman–Crippen LogP) is 5.37. The molecule has 2 aliphatic rings. The number of benzene rings is 2. The fourth-order valence-electron chi connectivity index (χ4n) is 4.74. The van der Waals surface area contributed by atoms with E-state index in [0.29, 0.717) is 43.8 Å². The molecule has 0 N–H and O–H groups in total. The Kier molecular flexibility index (Phi) is 7.75. The number of halogens is 2. The Morgan fingerprint density at radius 3 is 2.45 bits per heavy atom. The minimum absolute atomic E-state index is 0.0546. The molecule has 0 spiro atoms. The van der Waals surface area contributed by atoms with Gasteiger partial charge in [-0.3, -0.25) is 9.69 Å². The molecule has 1 saturated heterocycles. The van der Waals surface area contributed by atoms with Crippen molar-refractivity contribution in [1.82, 2.24) is 4.90 Å². The van der Waals surface area contributed by atoms with E-state index >= 15 is 0 Å². The Bertz CT molecular complexity index is 1250. The number of anilines is 1. The number of methoxy groups -OCH3 is 1. The highest BCUT2D eigenvalue weighted by Gasteiger charge is 2.42. The van der Waals surface area contributed by atoms with Crippen molar-refractivity contribution < 1.29 is 28.2 Å². The number of hydrogen-bond acceptors (Lipinski definition) is 6. The van der Waals surface area contributed by atoms with Crippen LogP contribution in [-0.2, 0) is 16.0 Å². The third-order valence-corrected chi connectivity index (χ3v) is 7.05. The minimum Gasteiger partial charge on any atom is -0.495 e. The number of piperidine rings is 1. The zero-order valence-corrected chi connectivity index (χ0v) is 22.7. The second-order valence-corrected chi connectivity index (χ2v) is 11.1. The van der Waals surface area contributed by atoms with Gasteiger partial charge in [-0.25, -0.2) is 9.18 Å². The molecule has 2 aromatic rings. The number of fused-ring (bicyclic) bond motifs is 1. The van der Waals surface area contributed by atoms with Gasteiger partial charge >= 0.3 is 6.09 Å². The molecule has 4 rings (SSSR count). The third kappa shape index (κ3) is 5.97. The van der Waals surface area contributed by atoms with Crippen molar-refractivity contribution in [3.8, 4) is 17.6 Å².